The van der Waals surface area contributed by atoms with Gasteiger partial charge >= 0.3 is 0 Å². The van der Waals surface area contributed by atoms with Crippen LogP contribution in [0.2, 0.25) is 0 Å². The van der Waals surface area contributed by atoms with E-state index < -0.39 is 0 Å². The van der Waals surface area contributed by atoms with Gasteiger partial charge in [-0.3, -0.25) is 0 Å². The number of piperidine rings is 1. The predicted molar refractivity (Wildman–Crippen MR) is 92.7 cm³/mol. The third-order valence-corrected chi connectivity index (χ3v) is 4.83. The summed E-state index contributed by atoms with van der Waals surface area (Å²) in [6.45, 7) is 2.34. The molecule has 3 rings (SSSR count). The molecule has 2 aromatic rings. The summed E-state index contributed by atoms with van der Waals surface area (Å²) in [5.74, 6) is 0. The second-order valence-corrected chi connectivity index (χ2v) is 6.80. The van der Waals surface area contributed by atoms with Gasteiger partial charge in [-0.15, -0.1) is 0 Å². The zero-order valence-corrected chi connectivity index (χ0v) is 13.3. The first-order chi connectivity index (χ1) is 10.7. The number of hydrogen-bond acceptors (Lipinski definition) is 2. The molecule has 1 fully saturated rings. The Hall–Kier alpha value is -1.64. The molecule has 0 amide bonds. The normalized spacial score (nSPS) is 26.5. The van der Waals surface area contributed by atoms with E-state index >= 15 is 0 Å². The van der Waals surface area contributed by atoms with Crippen LogP contribution in [0.1, 0.15) is 43.4 Å². The number of hydrogen-bond donors (Lipinski definition) is 2. The van der Waals surface area contributed by atoms with Gasteiger partial charge in [0, 0.05) is 17.6 Å². The average molecular weight is 294 g/mol. The van der Waals surface area contributed by atoms with E-state index in [-0.39, 0.29) is 11.6 Å². The van der Waals surface area contributed by atoms with Gasteiger partial charge < -0.3 is 11.1 Å². The predicted octanol–water partition coefficient (Wildman–Crippen LogP) is 3.83. The Morgan fingerprint density at radius 1 is 1.09 bits per heavy atom. The third-order valence-electron chi connectivity index (χ3n) is 4.83. The summed E-state index contributed by atoms with van der Waals surface area (Å²) in [6, 6.07) is 21.6. The van der Waals surface area contributed by atoms with Gasteiger partial charge in [0.15, 0.2) is 0 Å². The SMILES string of the molecule is CC1(Cc2ccccc2)CCCC(C(N)c2ccccc2)N1. The second kappa shape index (κ2) is 6.64. The van der Waals surface area contributed by atoms with Gasteiger partial charge in [-0.1, -0.05) is 60.7 Å². The highest BCUT2D eigenvalue weighted by atomic mass is 15.0. The monoisotopic (exact) mass is 294 g/mol. The average Bonchev–Trinajstić information content (AvgIpc) is 2.55. The minimum atomic E-state index is 0.0663. The van der Waals surface area contributed by atoms with Crippen LogP contribution in [-0.2, 0) is 6.42 Å². The van der Waals surface area contributed by atoms with Crippen molar-refractivity contribution in [1.82, 2.24) is 5.32 Å². The van der Waals surface area contributed by atoms with E-state index in [1.807, 2.05) is 6.07 Å². The molecule has 0 bridgehead atoms. The van der Waals surface area contributed by atoms with Crippen LogP contribution < -0.4 is 11.1 Å². The zero-order valence-electron chi connectivity index (χ0n) is 13.3. The van der Waals surface area contributed by atoms with Crippen molar-refractivity contribution in [3.05, 3.63) is 71.8 Å². The van der Waals surface area contributed by atoms with Crippen molar-refractivity contribution < 1.29 is 0 Å². The smallest absolute Gasteiger partial charge is 0.0451 e. The van der Waals surface area contributed by atoms with Crippen LogP contribution in [0.5, 0.6) is 0 Å². The molecule has 0 aromatic heterocycles. The van der Waals surface area contributed by atoms with Crippen molar-refractivity contribution in [2.45, 2.75) is 50.2 Å². The molecule has 0 radical (unpaired) electrons. The zero-order chi connectivity index (χ0) is 15.4. The molecule has 22 heavy (non-hydrogen) atoms. The highest BCUT2D eigenvalue weighted by Gasteiger charge is 2.34. The van der Waals surface area contributed by atoms with Gasteiger partial charge in [0.25, 0.3) is 0 Å². The van der Waals surface area contributed by atoms with Gasteiger partial charge in [-0.25, -0.2) is 0 Å². The highest BCUT2D eigenvalue weighted by molar-refractivity contribution is 5.22. The van der Waals surface area contributed by atoms with Crippen molar-refractivity contribution in [3.63, 3.8) is 0 Å². The second-order valence-electron chi connectivity index (χ2n) is 6.80. The molecular formula is C20H26N2. The van der Waals surface area contributed by atoms with Gasteiger partial charge in [-0.2, -0.15) is 0 Å². The summed E-state index contributed by atoms with van der Waals surface area (Å²) < 4.78 is 0. The Morgan fingerprint density at radius 2 is 1.73 bits per heavy atom. The molecule has 2 aromatic carbocycles. The lowest BCUT2D eigenvalue weighted by molar-refractivity contribution is 0.203. The lowest BCUT2D eigenvalue weighted by Crippen LogP contribution is -2.56. The van der Waals surface area contributed by atoms with Crippen molar-refractivity contribution in [1.29, 1.82) is 0 Å². The van der Waals surface area contributed by atoms with Crippen LogP contribution in [0.3, 0.4) is 0 Å². The molecule has 116 valence electrons. The Morgan fingerprint density at radius 3 is 2.41 bits per heavy atom. The fourth-order valence-electron chi connectivity index (χ4n) is 3.67. The standard InChI is InChI=1S/C20H26N2/c1-20(15-16-9-4-2-5-10-16)14-8-13-18(22-20)19(21)17-11-6-3-7-12-17/h2-7,9-12,18-19,22H,8,13-15,21H2,1H3. The maximum absolute atomic E-state index is 6.52. The summed E-state index contributed by atoms with van der Waals surface area (Å²) in [5, 5.41) is 3.85. The molecule has 1 aliphatic rings. The van der Waals surface area contributed by atoms with Crippen molar-refractivity contribution >= 4 is 0 Å². The summed E-state index contributed by atoms with van der Waals surface area (Å²) in [5.41, 5.74) is 9.28. The molecule has 0 aliphatic carbocycles. The largest absolute Gasteiger partial charge is 0.323 e. The number of nitrogens with two attached hydrogens (primary N) is 1. The third kappa shape index (κ3) is 3.57. The Labute approximate surface area is 133 Å². The summed E-state index contributed by atoms with van der Waals surface area (Å²) >= 11 is 0. The van der Waals surface area contributed by atoms with Crippen LogP contribution in [0.4, 0.5) is 0 Å². The molecule has 0 saturated carbocycles. The van der Waals surface area contributed by atoms with Gasteiger partial charge in [0.05, 0.1) is 0 Å². The summed E-state index contributed by atoms with van der Waals surface area (Å²) in [7, 11) is 0. The molecule has 0 spiro atoms. The molecule has 2 nitrogen and oxygen atoms in total. The summed E-state index contributed by atoms with van der Waals surface area (Å²) in [6.07, 6.45) is 4.66. The number of rotatable bonds is 4. The molecule has 1 aliphatic heterocycles. The Balaban J connectivity index is 1.71. The van der Waals surface area contributed by atoms with Crippen LogP contribution >= 0.6 is 0 Å². The van der Waals surface area contributed by atoms with Crippen molar-refractivity contribution in [2.75, 3.05) is 0 Å². The van der Waals surface area contributed by atoms with Gasteiger partial charge in [0.2, 0.25) is 0 Å². The maximum Gasteiger partial charge on any atom is 0.0451 e. The Bertz CT molecular complexity index is 581. The van der Waals surface area contributed by atoms with E-state index in [0.29, 0.717) is 6.04 Å². The lowest BCUT2D eigenvalue weighted by Gasteiger charge is -2.42. The Kier molecular flexibility index (Phi) is 4.60. The van der Waals surface area contributed by atoms with E-state index in [9.17, 15) is 0 Å². The quantitative estimate of drug-likeness (QED) is 0.899. The van der Waals surface area contributed by atoms with E-state index in [4.69, 9.17) is 5.73 Å². The molecule has 3 unspecified atom stereocenters. The minimum Gasteiger partial charge on any atom is -0.323 e. The van der Waals surface area contributed by atoms with Crippen LogP contribution in [-0.4, -0.2) is 11.6 Å². The first-order valence-electron chi connectivity index (χ1n) is 8.28. The molecule has 1 heterocycles. The molecular weight excluding hydrogens is 268 g/mol. The number of benzene rings is 2. The highest BCUT2D eigenvalue weighted by Crippen LogP contribution is 2.30. The van der Waals surface area contributed by atoms with Crippen LogP contribution in [0, 0.1) is 0 Å². The van der Waals surface area contributed by atoms with Crippen molar-refractivity contribution in [3.8, 4) is 0 Å². The number of nitrogens with one attached hydrogen (secondary N) is 1. The lowest BCUT2D eigenvalue weighted by atomic mass is 9.80. The maximum atomic E-state index is 6.52. The van der Waals surface area contributed by atoms with E-state index in [2.05, 4.69) is 66.8 Å². The molecule has 2 heteroatoms. The van der Waals surface area contributed by atoms with E-state index in [1.165, 1.54) is 24.0 Å². The molecule has 1 saturated heterocycles. The van der Waals surface area contributed by atoms with E-state index in [0.717, 1.165) is 12.8 Å². The van der Waals surface area contributed by atoms with E-state index in [1.54, 1.807) is 0 Å². The minimum absolute atomic E-state index is 0.0663. The van der Waals surface area contributed by atoms with Gasteiger partial charge in [-0.05, 0) is 43.7 Å². The van der Waals surface area contributed by atoms with Crippen LogP contribution in [0.15, 0.2) is 60.7 Å². The summed E-state index contributed by atoms with van der Waals surface area (Å²) in [4.78, 5) is 0. The molecule has 3 atom stereocenters. The first kappa shape index (κ1) is 15.3. The van der Waals surface area contributed by atoms with Crippen LogP contribution in [0.25, 0.3) is 0 Å². The topological polar surface area (TPSA) is 38.0 Å². The van der Waals surface area contributed by atoms with Crippen molar-refractivity contribution in [2.24, 2.45) is 5.73 Å². The molecule has 3 N–H and O–H groups in total. The first-order valence-corrected chi connectivity index (χ1v) is 8.28. The van der Waals surface area contributed by atoms with Gasteiger partial charge in [0.1, 0.15) is 0 Å². The fraction of sp³-hybridized carbons (Fsp3) is 0.400. The fourth-order valence-corrected chi connectivity index (χ4v) is 3.67.